The van der Waals surface area contributed by atoms with E-state index >= 15 is 0 Å². The summed E-state index contributed by atoms with van der Waals surface area (Å²) in [6, 6.07) is 13.6. The number of hydrogen-bond donors (Lipinski definition) is 2. The highest BCUT2D eigenvalue weighted by Crippen LogP contribution is 2.38. The molecule has 4 rings (SSSR count). The van der Waals surface area contributed by atoms with Crippen LogP contribution in [0.4, 0.5) is 5.69 Å². The van der Waals surface area contributed by atoms with Crippen LogP contribution in [0.2, 0.25) is 0 Å². The lowest BCUT2D eigenvalue weighted by molar-refractivity contribution is -0.116. The molecule has 2 N–H and O–H groups in total. The zero-order valence-corrected chi connectivity index (χ0v) is 19.0. The molecule has 2 atom stereocenters. The smallest absolute Gasteiger partial charge is 0.240 e. The Balaban J connectivity index is 1.66. The van der Waals surface area contributed by atoms with Crippen LogP contribution < -0.4 is 15.5 Å². The van der Waals surface area contributed by atoms with Gasteiger partial charge in [-0.25, -0.2) is 4.68 Å². The quantitative estimate of drug-likeness (QED) is 0.600. The normalized spacial score (nSPS) is 17.5. The number of aryl methyl sites for hydroxylation is 3. The van der Waals surface area contributed by atoms with Gasteiger partial charge in [-0.15, -0.1) is 10.2 Å². The SMILES string of the molecule is CCCc1nnc2n1N[C@H](c1ccc(OC)cc1)[C@@H](C(=O)Nc1cc(C)cc(C)c1)S2. The summed E-state index contributed by atoms with van der Waals surface area (Å²) in [4.78, 5) is 13.4. The number of nitrogens with one attached hydrogen (secondary N) is 2. The Bertz CT molecular complexity index is 1060. The zero-order valence-electron chi connectivity index (χ0n) is 18.2. The molecule has 0 unspecified atom stereocenters. The van der Waals surface area contributed by atoms with Crippen LogP contribution in [0.3, 0.4) is 0 Å². The van der Waals surface area contributed by atoms with Crippen LogP contribution in [0.25, 0.3) is 0 Å². The number of hydrogen-bond acceptors (Lipinski definition) is 6. The third-order valence-corrected chi connectivity index (χ3v) is 6.42. The summed E-state index contributed by atoms with van der Waals surface area (Å²) in [5.41, 5.74) is 7.51. The Morgan fingerprint density at radius 1 is 1.16 bits per heavy atom. The van der Waals surface area contributed by atoms with E-state index in [2.05, 4.69) is 33.9 Å². The van der Waals surface area contributed by atoms with Crippen molar-refractivity contribution in [3.8, 4) is 5.75 Å². The fraction of sp³-hybridized carbons (Fsp3) is 0.348. The van der Waals surface area contributed by atoms with Gasteiger partial charge in [-0.3, -0.25) is 4.79 Å². The minimum Gasteiger partial charge on any atom is -0.497 e. The van der Waals surface area contributed by atoms with E-state index in [0.29, 0.717) is 5.16 Å². The van der Waals surface area contributed by atoms with Gasteiger partial charge in [0.25, 0.3) is 0 Å². The second-order valence-electron chi connectivity index (χ2n) is 7.77. The van der Waals surface area contributed by atoms with Crippen LogP contribution in [-0.4, -0.2) is 33.1 Å². The molecule has 1 aliphatic rings. The molecule has 0 saturated carbocycles. The van der Waals surface area contributed by atoms with Crippen molar-refractivity contribution in [2.45, 2.75) is 50.1 Å². The van der Waals surface area contributed by atoms with Crippen molar-refractivity contribution in [2.24, 2.45) is 0 Å². The lowest BCUT2D eigenvalue weighted by Crippen LogP contribution is -2.41. The number of ether oxygens (including phenoxy) is 1. The van der Waals surface area contributed by atoms with Crippen molar-refractivity contribution in [1.29, 1.82) is 0 Å². The number of nitrogens with zero attached hydrogens (tertiary/aromatic N) is 3. The van der Waals surface area contributed by atoms with Gasteiger partial charge in [0.05, 0.1) is 13.2 Å². The highest BCUT2D eigenvalue weighted by molar-refractivity contribution is 8.00. The first-order valence-corrected chi connectivity index (χ1v) is 11.3. The van der Waals surface area contributed by atoms with Crippen molar-refractivity contribution in [3.05, 3.63) is 65.0 Å². The molecule has 3 aromatic rings. The molecule has 8 heteroatoms. The number of carbonyl (C=O) groups excluding carboxylic acids is 1. The molecule has 1 amide bonds. The number of rotatable bonds is 6. The molecule has 7 nitrogen and oxygen atoms in total. The highest BCUT2D eigenvalue weighted by atomic mass is 32.2. The third-order valence-electron chi connectivity index (χ3n) is 5.20. The van der Waals surface area contributed by atoms with E-state index in [1.54, 1.807) is 7.11 Å². The molecule has 2 heterocycles. The number of carbonyl (C=O) groups is 1. The second kappa shape index (κ2) is 9.01. The molecule has 162 valence electrons. The van der Waals surface area contributed by atoms with Gasteiger partial charge < -0.3 is 15.5 Å². The van der Waals surface area contributed by atoms with Crippen molar-refractivity contribution in [3.63, 3.8) is 0 Å². The summed E-state index contributed by atoms with van der Waals surface area (Å²) >= 11 is 1.44. The Labute approximate surface area is 186 Å². The maximum Gasteiger partial charge on any atom is 0.240 e. The summed E-state index contributed by atoms with van der Waals surface area (Å²) in [6.45, 7) is 6.16. The molecule has 1 aliphatic heterocycles. The average molecular weight is 438 g/mol. The van der Waals surface area contributed by atoms with Gasteiger partial charge in [0.1, 0.15) is 11.0 Å². The summed E-state index contributed by atoms with van der Waals surface area (Å²) in [5.74, 6) is 1.58. The molecular formula is C23H27N5O2S. The summed E-state index contributed by atoms with van der Waals surface area (Å²) in [7, 11) is 1.64. The largest absolute Gasteiger partial charge is 0.497 e. The van der Waals surface area contributed by atoms with Gasteiger partial charge in [0, 0.05) is 12.1 Å². The molecule has 31 heavy (non-hydrogen) atoms. The summed E-state index contributed by atoms with van der Waals surface area (Å²) in [5, 5.41) is 12.0. The first kappa shape index (κ1) is 21.2. The first-order valence-electron chi connectivity index (χ1n) is 10.4. The molecule has 0 spiro atoms. The molecular weight excluding hydrogens is 410 g/mol. The number of benzene rings is 2. The van der Waals surface area contributed by atoms with Crippen LogP contribution in [0.5, 0.6) is 5.75 Å². The van der Waals surface area contributed by atoms with E-state index in [9.17, 15) is 4.79 Å². The summed E-state index contributed by atoms with van der Waals surface area (Å²) in [6.07, 6.45) is 1.78. The molecule has 0 bridgehead atoms. The van der Waals surface area contributed by atoms with Crippen LogP contribution in [0.15, 0.2) is 47.6 Å². The molecule has 0 radical (unpaired) electrons. The van der Waals surface area contributed by atoms with Gasteiger partial charge in [-0.1, -0.05) is 36.9 Å². The lowest BCUT2D eigenvalue weighted by atomic mass is 10.0. The molecule has 0 saturated heterocycles. The predicted octanol–water partition coefficient (Wildman–Crippen LogP) is 4.25. The lowest BCUT2D eigenvalue weighted by Gasteiger charge is -2.33. The van der Waals surface area contributed by atoms with E-state index in [1.807, 2.05) is 54.9 Å². The van der Waals surface area contributed by atoms with Crippen molar-refractivity contribution >= 4 is 23.4 Å². The van der Waals surface area contributed by atoms with Gasteiger partial charge in [0.2, 0.25) is 11.1 Å². The Morgan fingerprint density at radius 3 is 2.52 bits per heavy atom. The molecule has 2 aromatic carbocycles. The fourth-order valence-electron chi connectivity index (χ4n) is 3.81. The number of aromatic nitrogens is 3. The van der Waals surface area contributed by atoms with E-state index in [1.165, 1.54) is 11.8 Å². The maximum absolute atomic E-state index is 13.4. The topological polar surface area (TPSA) is 81.1 Å². The van der Waals surface area contributed by atoms with E-state index in [0.717, 1.165) is 46.8 Å². The van der Waals surface area contributed by atoms with Gasteiger partial charge in [-0.05, 0) is 61.2 Å². The number of fused-ring (bicyclic) bond motifs is 1. The van der Waals surface area contributed by atoms with Gasteiger partial charge in [-0.2, -0.15) is 0 Å². The Kier molecular flexibility index (Phi) is 6.18. The Morgan fingerprint density at radius 2 is 1.87 bits per heavy atom. The van der Waals surface area contributed by atoms with E-state index in [-0.39, 0.29) is 11.9 Å². The van der Waals surface area contributed by atoms with E-state index in [4.69, 9.17) is 4.74 Å². The standard InChI is InChI=1S/C23H27N5O2S/c1-5-6-19-25-26-23-28(19)27-20(16-7-9-18(30-4)10-8-16)21(31-23)22(29)24-17-12-14(2)11-15(3)13-17/h7-13,20-21,27H,5-6H2,1-4H3,(H,24,29)/t20-,21+/m1/s1. The summed E-state index contributed by atoms with van der Waals surface area (Å²) < 4.78 is 7.22. The second-order valence-corrected chi connectivity index (χ2v) is 8.88. The van der Waals surface area contributed by atoms with Crippen molar-refractivity contribution in [1.82, 2.24) is 14.9 Å². The third kappa shape index (κ3) is 4.54. The number of thioether (sulfide) groups is 1. The molecule has 0 fully saturated rings. The number of methoxy groups -OCH3 is 1. The Hall–Kier alpha value is -3.00. The minimum absolute atomic E-state index is 0.0744. The maximum atomic E-state index is 13.4. The minimum atomic E-state index is -0.416. The van der Waals surface area contributed by atoms with Crippen LogP contribution in [-0.2, 0) is 11.2 Å². The molecule has 1 aromatic heterocycles. The predicted molar refractivity (Wildman–Crippen MR) is 123 cm³/mol. The number of amides is 1. The van der Waals surface area contributed by atoms with Crippen LogP contribution >= 0.6 is 11.8 Å². The first-order chi connectivity index (χ1) is 15.0. The fourth-order valence-corrected chi connectivity index (χ4v) is 4.90. The van der Waals surface area contributed by atoms with Gasteiger partial charge in [0.15, 0.2) is 5.82 Å². The molecule has 0 aliphatic carbocycles. The van der Waals surface area contributed by atoms with Crippen LogP contribution in [0, 0.1) is 13.8 Å². The monoisotopic (exact) mass is 437 g/mol. The van der Waals surface area contributed by atoms with Gasteiger partial charge >= 0.3 is 0 Å². The van der Waals surface area contributed by atoms with Crippen molar-refractivity contribution in [2.75, 3.05) is 17.9 Å². The van der Waals surface area contributed by atoms with Crippen molar-refractivity contribution < 1.29 is 9.53 Å². The average Bonchev–Trinajstić information content (AvgIpc) is 3.14. The van der Waals surface area contributed by atoms with Crippen LogP contribution in [0.1, 0.15) is 41.9 Å². The zero-order chi connectivity index (χ0) is 22.0. The highest BCUT2D eigenvalue weighted by Gasteiger charge is 2.37. The number of anilines is 1. The van der Waals surface area contributed by atoms with E-state index < -0.39 is 5.25 Å².